The number of nitriles is 1. The molecule has 0 unspecified atom stereocenters. The van der Waals surface area contributed by atoms with E-state index in [0.717, 1.165) is 10.4 Å². The SMILES string of the molecule is CC1(C)OC[C@H]([C@H]2OC[C@H](OO[Si](c3ccccc3)(c3ccccc3)C(C)(C)C)[C@@H]2CCC#N)O1. The molecule has 0 amide bonds. The average Bonchev–Trinajstić information content (AvgIpc) is 3.40. The van der Waals surface area contributed by atoms with E-state index < -0.39 is 14.1 Å². The van der Waals surface area contributed by atoms with Crippen molar-refractivity contribution in [2.75, 3.05) is 13.2 Å². The van der Waals surface area contributed by atoms with Crippen molar-refractivity contribution in [3.05, 3.63) is 60.7 Å². The average molecular weight is 496 g/mol. The minimum atomic E-state index is -2.85. The van der Waals surface area contributed by atoms with Gasteiger partial charge in [-0.05, 0) is 35.7 Å². The van der Waals surface area contributed by atoms with Crippen LogP contribution < -0.4 is 10.4 Å². The summed E-state index contributed by atoms with van der Waals surface area (Å²) in [6.07, 6.45) is 0.354. The smallest absolute Gasteiger partial charge is 0.305 e. The van der Waals surface area contributed by atoms with Crippen molar-refractivity contribution < 1.29 is 23.7 Å². The second kappa shape index (κ2) is 10.5. The highest BCUT2D eigenvalue weighted by atomic mass is 28.4. The molecule has 6 nitrogen and oxygen atoms in total. The molecule has 7 heteroatoms. The van der Waals surface area contributed by atoms with Crippen LogP contribution in [-0.4, -0.2) is 45.6 Å². The monoisotopic (exact) mass is 495 g/mol. The summed E-state index contributed by atoms with van der Waals surface area (Å²) in [6.45, 7) is 11.3. The normalized spacial score (nSPS) is 26.5. The predicted molar refractivity (Wildman–Crippen MR) is 137 cm³/mol. The molecule has 0 bridgehead atoms. The van der Waals surface area contributed by atoms with E-state index in [1.54, 1.807) is 0 Å². The van der Waals surface area contributed by atoms with Crippen molar-refractivity contribution in [1.29, 1.82) is 5.26 Å². The van der Waals surface area contributed by atoms with E-state index in [4.69, 9.17) is 23.7 Å². The molecule has 2 saturated heterocycles. The summed E-state index contributed by atoms with van der Waals surface area (Å²) in [6, 6.07) is 23.1. The molecule has 0 N–H and O–H groups in total. The molecule has 2 aliphatic heterocycles. The third kappa shape index (κ3) is 5.38. The minimum Gasteiger partial charge on any atom is -0.372 e. The molecule has 4 rings (SSSR count). The molecule has 2 fully saturated rings. The van der Waals surface area contributed by atoms with Crippen molar-refractivity contribution in [2.24, 2.45) is 5.92 Å². The Hall–Kier alpha value is -2.05. The molecule has 2 aromatic rings. The van der Waals surface area contributed by atoms with Gasteiger partial charge < -0.3 is 14.2 Å². The lowest BCUT2D eigenvalue weighted by Crippen LogP contribution is -2.66. The van der Waals surface area contributed by atoms with Gasteiger partial charge >= 0.3 is 8.32 Å². The lowest BCUT2D eigenvalue weighted by atomic mass is 9.91. The molecule has 35 heavy (non-hydrogen) atoms. The number of rotatable bonds is 8. The van der Waals surface area contributed by atoms with E-state index in [2.05, 4.69) is 75.4 Å². The van der Waals surface area contributed by atoms with Crippen LogP contribution in [0.2, 0.25) is 5.04 Å². The van der Waals surface area contributed by atoms with Gasteiger partial charge in [0.2, 0.25) is 0 Å². The number of benzene rings is 2. The van der Waals surface area contributed by atoms with Gasteiger partial charge in [-0.15, -0.1) is 0 Å². The van der Waals surface area contributed by atoms with Crippen LogP contribution in [0.25, 0.3) is 0 Å². The Kier molecular flexibility index (Phi) is 7.82. The molecule has 2 heterocycles. The maximum atomic E-state index is 9.30. The summed E-state index contributed by atoms with van der Waals surface area (Å²) >= 11 is 0. The Bertz CT molecular complexity index is 962. The zero-order chi connectivity index (χ0) is 25.1. The van der Waals surface area contributed by atoms with Crippen LogP contribution in [0.15, 0.2) is 60.7 Å². The topological polar surface area (TPSA) is 69.9 Å². The van der Waals surface area contributed by atoms with Gasteiger partial charge in [0.1, 0.15) is 12.2 Å². The molecule has 0 radical (unpaired) electrons. The maximum Gasteiger partial charge on any atom is 0.305 e. The first kappa shape index (κ1) is 26.0. The van der Waals surface area contributed by atoms with Crippen LogP contribution >= 0.6 is 0 Å². The molecular formula is C28H37NO5Si. The van der Waals surface area contributed by atoms with Crippen molar-refractivity contribution in [3.63, 3.8) is 0 Å². The van der Waals surface area contributed by atoms with Gasteiger partial charge in [0.15, 0.2) is 5.79 Å². The van der Waals surface area contributed by atoms with Crippen LogP contribution in [0.1, 0.15) is 47.5 Å². The second-order valence-corrected chi connectivity index (χ2v) is 15.1. The largest absolute Gasteiger partial charge is 0.372 e. The van der Waals surface area contributed by atoms with Gasteiger partial charge in [0.05, 0.1) is 25.4 Å². The molecule has 0 saturated carbocycles. The Morgan fingerprint density at radius 3 is 2.09 bits per heavy atom. The summed E-state index contributed by atoms with van der Waals surface area (Å²) in [7, 11) is -2.85. The maximum absolute atomic E-state index is 9.30. The van der Waals surface area contributed by atoms with Crippen LogP contribution in [0.4, 0.5) is 0 Å². The van der Waals surface area contributed by atoms with Gasteiger partial charge in [-0.2, -0.15) is 5.26 Å². The zero-order valence-electron chi connectivity index (χ0n) is 21.4. The van der Waals surface area contributed by atoms with Gasteiger partial charge in [-0.3, -0.25) is 4.58 Å². The molecule has 0 aromatic heterocycles. The summed E-state index contributed by atoms with van der Waals surface area (Å²) in [4.78, 5) is 6.39. The van der Waals surface area contributed by atoms with Crippen molar-refractivity contribution >= 4 is 18.7 Å². The fraction of sp³-hybridized carbons (Fsp3) is 0.536. The van der Waals surface area contributed by atoms with Gasteiger partial charge in [-0.1, -0.05) is 81.4 Å². The fourth-order valence-electron chi connectivity index (χ4n) is 5.34. The van der Waals surface area contributed by atoms with E-state index in [0.29, 0.717) is 26.1 Å². The molecule has 4 atom stereocenters. The summed E-state index contributed by atoms with van der Waals surface area (Å²) in [5.41, 5.74) is 0. The first-order chi connectivity index (χ1) is 16.7. The second-order valence-electron chi connectivity index (χ2n) is 10.9. The predicted octanol–water partition coefficient (Wildman–Crippen LogP) is 4.33. The van der Waals surface area contributed by atoms with Crippen LogP contribution in [-0.2, 0) is 23.7 Å². The van der Waals surface area contributed by atoms with Gasteiger partial charge in [0.25, 0.3) is 0 Å². The highest BCUT2D eigenvalue weighted by molar-refractivity contribution is 6.99. The van der Waals surface area contributed by atoms with Crippen LogP contribution in [0, 0.1) is 17.2 Å². The lowest BCUT2D eigenvalue weighted by molar-refractivity contribution is -0.262. The summed E-state index contributed by atoms with van der Waals surface area (Å²) in [5.74, 6) is -0.673. The zero-order valence-corrected chi connectivity index (χ0v) is 22.4. The van der Waals surface area contributed by atoms with Crippen LogP contribution in [0.5, 0.6) is 0 Å². The van der Waals surface area contributed by atoms with Gasteiger partial charge in [0, 0.05) is 12.3 Å². The Morgan fingerprint density at radius 1 is 1.00 bits per heavy atom. The number of hydrogen-bond acceptors (Lipinski definition) is 6. The number of nitrogens with zero attached hydrogens (tertiary/aromatic N) is 1. The highest BCUT2D eigenvalue weighted by Gasteiger charge is 2.54. The van der Waals surface area contributed by atoms with Crippen LogP contribution in [0.3, 0.4) is 0 Å². The summed E-state index contributed by atoms with van der Waals surface area (Å²) < 4.78 is 24.8. The van der Waals surface area contributed by atoms with E-state index in [1.807, 2.05) is 26.0 Å². The third-order valence-electron chi connectivity index (χ3n) is 7.05. The Morgan fingerprint density at radius 2 is 1.60 bits per heavy atom. The van der Waals surface area contributed by atoms with Crippen molar-refractivity contribution in [1.82, 2.24) is 0 Å². The van der Waals surface area contributed by atoms with E-state index >= 15 is 0 Å². The van der Waals surface area contributed by atoms with E-state index in [9.17, 15) is 5.26 Å². The minimum absolute atomic E-state index is 0.0321. The van der Waals surface area contributed by atoms with E-state index in [1.165, 1.54) is 0 Å². The number of hydrogen-bond donors (Lipinski definition) is 0. The standard InChI is InChI=1S/C28H37NO5Si/c1-27(2,3)35(21-13-8-6-9-14-21,22-15-10-7-11-16-22)34-33-24-19-30-26(23(24)17-12-18-29)25-20-31-28(4,5)32-25/h6-11,13-16,23-26H,12,17,19-20H2,1-5H3/t23-,24-,25+,26-/m0/s1. The number of ether oxygens (including phenoxy) is 3. The third-order valence-corrected chi connectivity index (χ3v) is 11.8. The highest BCUT2D eigenvalue weighted by Crippen LogP contribution is 2.40. The van der Waals surface area contributed by atoms with E-state index in [-0.39, 0.29) is 29.3 Å². The lowest BCUT2D eigenvalue weighted by Gasteiger charge is -2.42. The molecule has 0 aliphatic carbocycles. The Balaban J connectivity index is 1.63. The first-order valence-corrected chi connectivity index (χ1v) is 14.3. The van der Waals surface area contributed by atoms with Gasteiger partial charge in [-0.25, -0.2) is 4.89 Å². The molecular weight excluding hydrogens is 458 g/mol. The quantitative estimate of drug-likeness (QED) is 0.308. The molecule has 0 spiro atoms. The Labute approximate surface area is 210 Å². The van der Waals surface area contributed by atoms with Crippen molar-refractivity contribution in [3.8, 4) is 6.07 Å². The molecule has 2 aliphatic rings. The first-order valence-electron chi connectivity index (χ1n) is 12.4. The van der Waals surface area contributed by atoms with Crippen molar-refractivity contribution in [2.45, 2.75) is 76.6 Å². The summed E-state index contributed by atoms with van der Waals surface area (Å²) in [5, 5.41) is 11.4. The fourth-order valence-corrected chi connectivity index (χ4v) is 9.44. The molecule has 188 valence electrons. The molecule has 2 aromatic carbocycles.